The molecule has 0 aliphatic heterocycles. The van der Waals surface area contributed by atoms with E-state index >= 15 is 0 Å². The average molecular weight is 155 g/mol. The van der Waals surface area contributed by atoms with Gasteiger partial charge in [-0.3, -0.25) is 0 Å². The van der Waals surface area contributed by atoms with E-state index < -0.39 is 6.09 Å². The molecule has 0 fully saturated rings. The SMILES string of the molecule is CC(C)OC(=O)n1ccnn1. The molecular weight excluding hydrogens is 146 g/mol. The molecule has 0 aliphatic rings. The highest BCUT2D eigenvalue weighted by Crippen LogP contribution is 1.92. The molecule has 5 nitrogen and oxygen atoms in total. The van der Waals surface area contributed by atoms with E-state index in [4.69, 9.17) is 4.74 Å². The van der Waals surface area contributed by atoms with Crippen molar-refractivity contribution in [3.63, 3.8) is 0 Å². The maximum absolute atomic E-state index is 11.0. The fourth-order valence-electron chi connectivity index (χ4n) is 0.561. The Hall–Kier alpha value is -1.39. The first-order chi connectivity index (χ1) is 5.20. The van der Waals surface area contributed by atoms with Crippen LogP contribution in [0.2, 0.25) is 0 Å². The molecule has 0 aromatic carbocycles. The van der Waals surface area contributed by atoms with Crippen molar-refractivity contribution in [1.82, 2.24) is 15.0 Å². The van der Waals surface area contributed by atoms with Crippen molar-refractivity contribution in [2.45, 2.75) is 20.0 Å². The Bertz CT molecular complexity index is 230. The van der Waals surface area contributed by atoms with Gasteiger partial charge in [0.1, 0.15) is 0 Å². The van der Waals surface area contributed by atoms with Gasteiger partial charge in [0, 0.05) is 0 Å². The van der Waals surface area contributed by atoms with Gasteiger partial charge in [-0.2, -0.15) is 4.68 Å². The largest absolute Gasteiger partial charge is 0.445 e. The van der Waals surface area contributed by atoms with E-state index in [-0.39, 0.29) is 6.10 Å². The van der Waals surface area contributed by atoms with E-state index in [0.29, 0.717) is 0 Å². The lowest BCUT2D eigenvalue weighted by atomic mass is 10.5. The first-order valence-electron chi connectivity index (χ1n) is 3.27. The van der Waals surface area contributed by atoms with Gasteiger partial charge in [0.15, 0.2) is 0 Å². The summed E-state index contributed by atoms with van der Waals surface area (Å²) in [6.45, 7) is 3.55. The van der Waals surface area contributed by atoms with Crippen LogP contribution in [0.25, 0.3) is 0 Å². The van der Waals surface area contributed by atoms with Crippen LogP contribution in [-0.2, 0) is 4.74 Å². The van der Waals surface area contributed by atoms with Crippen molar-refractivity contribution in [2.24, 2.45) is 0 Å². The molecule has 0 N–H and O–H groups in total. The van der Waals surface area contributed by atoms with E-state index in [0.717, 1.165) is 4.68 Å². The third-order valence-electron chi connectivity index (χ3n) is 0.946. The zero-order valence-electron chi connectivity index (χ0n) is 6.39. The van der Waals surface area contributed by atoms with Gasteiger partial charge in [0.25, 0.3) is 0 Å². The van der Waals surface area contributed by atoms with Gasteiger partial charge in [-0.05, 0) is 13.8 Å². The van der Waals surface area contributed by atoms with Gasteiger partial charge < -0.3 is 4.74 Å². The normalized spacial score (nSPS) is 10.1. The number of aromatic nitrogens is 3. The summed E-state index contributed by atoms with van der Waals surface area (Å²) < 4.78 is 5.86. The molecule has 0 aliphatic carbocycles. The second kappa shape index (κ2) is 3.14. The number of hydrogen-bond acceptors (Lipinski definition) is 4. The minimum Gasteiger partial charge on any atom is -0.445 e. The monoisotopic (exact) mass is 155 g/mol. The van der Waals surface area contributed by atoms with Crippen molar-refractivity contribution >= 4 is 6.09 Å². The fraction of sp³-hybridized carbons (Fsp3) is 0.500. The van der Waals surface area contributed by atoms with Crippen LogP contribution < -0.4 is 0 Å². The van der Waals surface area contributed by atoms with Gasteiger partial charge in [-0.15, -0.1) is 5.10 Å². The van der Waals surface area contributed by atoms with Crippen molar-refractivity contribution in [3.8, 4) is 0 Å². The Morgan fingerprint density at radius 2 is 2.36 bits per heavy atom. The van der Waals surface area contributed by atoms with Gasteiger partial charge in [0.2, 0.25) is 0 Å². The summed E-state index contributed by atoms with van der Waals surface area (Å²) in [5.74, 6) is 0. The smallest absolute Gasteiger partial charge is 0.436 e. The van der Waals surface area contributed by atoms with Gasteiger partial charge in [-0.25, -0.2) is 4.79 Å². The number of nitrogens with zero attached hydrogens (tertiary/aromatic N) is 3. The number of ether oxygens (including phenoxy) is 1. The Morgan fingerprint density at radius 3 is 2.82 bits per heavy atom. The molecule has 1 aromatic heterocycles. The lowest BCUT2D eigenvalue weighted by molar-refractivity contribution is 0.113. The average Bonchev–Trinajstić information content (AvgIpc) is 2.35. The second-order valence-electron chi connectivity index (χ2n) is 2.28. The summed E-state index contributed by atoms with van der Waals surface area (Å²) in [5.41, 5.74) is 0. The molecule has 0 saturated carbocycles. The second-order valence-corrected chi connectivity index (χ2v) is 2.28. The van der Waals surface area contributed by atoms with E-state index in [1.165, 1.54) is 12.4 Å². The molecule has 0 unspecified atom stereocenters. The predicted octanol–water partition coefficient (Wildman–Crippen LogP) is 0.671. The van der Waals surface area contributed by atoms with Crippen LogP contribution in [0.3, 0.4) is 0 Å². The number of carbonyl (C=O) groups excluding carboxylic acids is 1. The topological polar surface area (TPSA) is 57.0 Å². The molecule has 0 amide bonds. The maximum atomic E-state index is 11.0. The van der Waals surface area contributed by atoms with Crippen molar-refractivity contribution in [3.05, 3.63) is 12.4 Å². The standard InChI is InChI=1S/C6H9N3O2/c1-5(2)11-6(10)9-4-3-7-8-9/h3-5H,1-2H3. The van der Waals surface area contributed by atoms with E-state index in [1.54, 1.807) is 13.8 Å². The van der Waals surface area contributed by atoms with Crippen LogP contribution in [-0.4, -0.2) is 27.2 Å². The van der Waals surface area contributed by atoms with Crippen LogP contribution >= 0.6 is 0 Å². The molecule has 1 heterocycles. The molecule has 11 heavy (non-hydrogen) atoms. The quantitative estimate of drug-likeness (QED) is 0.598. The molecule has 1 rings (SSSR count). The molecule has 5 heteroatoms. The van der Waals surface area contributed by atoms with Crippen molar-refractivity contribution < 1.29 is 9.53 Å². The summed E-state index contributed by atoms with van der Waals surface area (Å²) in [7, 11) is 0. The van der Waals surface area contributed by atoms with E-state index in [1.807, 2.05) is 0 Å². The fourth-order valence-corrected chi connectivity index (χ4v) is 0.561. The molecule has 0 saturated heterocycles. The zero-order chi connectivity index (χ0) is 8.27. The summed E-state index contributed by atoms with van der Waals surface area (Å²) in [5, 5.41) is 6.92. The first kappa shape index (κ1) is 7.71. The van der Waals surface area contributed by atoms with E-state index in [2.05, 4.69) is 10.3 Å². The summed E-state index contributed by atoms with van der Waals surface area (Å²) in [6, 6.07) is 0. The first-order valence-corrected chi connectivity index (χ1v) is 3.27. The minimum atomic E-state index is -0.502. The number of hydrogen-bond donors (Lipinski definition) is 0. The highest BCUT2D eigenvalue weighted by Gasteiger charge is 2.07. The predicted molar refractivity (Wildman–Crippen MR) is 37.0 cm³/mol. The van der Waals surface area contributed by atoms with Gasteiger partial charge in [0.05, 0.1) is 18.5 Å². The summed E-state index contributed by atoms with van der Waals surface area (Å²) in [6.07, 6.45) is 2.22. The highest BCUT2D eigenvalue weighted by atomic mass is 16.6. The Morgan fingerprint density at radius 1 is 1.64 bits per heavy atom. The highest BCUT2D eigenvalue weighted by molar-refractivity contribution is 5.68. The van der Waals surface area contributed by atoms with Crippen LogP contribution in [0.5, 0.6) is 0 Å². The molecule has 0 bridgehead atoms. The summed E-state index contributed by atoms with van der Waals surface area (Å²) in [4.78, 5) is 11.0. The Kier molecular flexibility index (Phi) is 2.20. The van der Waals surface area contributed by atoms with Crippen LogP contribution in [0.4, 0.5) is 4.79 Å². The van der Waals surface area contributed by atoms with Crippen molar-refractivity contribution in [2.75, 3.05) is 0 Å². The third-order valence-corrected chi connectivity index (χ3v) is 0.946. The zero-order valence-corrected chi connectivity index (χ0v) is 6.39. The molecule has 60 valence electrons. The molecular formula is C6H9N3O2. The summed E-state index contributed by atoms with van der Waals surface area (Å²) >= 11 is 0. The Balaban J connectivity index is 2.57. The molecule has 0 atom stereocenters. The number of rotatable bonds is 1. The van der Waals surface area contributed by atoms with Gasteiger partial charge >= 0.3 is 6.09 Å². The lowest BCUT2D eigenvalue weighted by Crippen LogP contribution is -2.18. The molecule has 0 spiro atoms. The molecule has 0 radical (unpaired) electrons. The minimum absolute atomic E-state index is 0.133. The van der Waals surface area contributed by atoms with Crippen molar-refractivity contribution in [1.29, 1.82) is 0 Å². The Labute approximate surface area is 64.0 Å². The molecule has 1 aromatic rings. The van der Waals surface area contributed by atoms with Crippen LogP contribution in [0, 0.1) is 0 Å². The van der Waals surface area contributed by atoms with Crippen LogP contribution in [0.15, 0.2) is 12.4 Å². The van der Waals surface area contributed by atoms with Crippen LogP contribution in [0.1, 0.15) is 13.8 Å². The lowest BCUT2D eigenvalue weighted by Gasteiger charge is -2.05. The van der Waals surface area contributed by atoms with E-state index in [9.17, 15) is 4.79 Å². The van der Waals surface area contributed by atoms with Gasteiger partial charge in [-0.1, -0.05) is 5.21 Å². The number of carbonyl (C=O) groups is 1. The maximum Gasteiger partial charge on any atom is 0.436 e. The third kappa shape index (κ3) is 2.03.